The topological polar surface area (TPSA) is 52.6 Å². The van der Waals surface area contributed by atoms with Crippen LogP contribution in [0.1, 0.15) is 26.7 Å². The number of ether oxygens (including phenoxy) is 2. The zero-order valence-corrected chi connectivity index (χ0v) is 8.56. The van der Waals surface area contributed by atoms with Gasteiger partial charge < -0.3 is 9.47 Å². The third kappa shape index (κ3) is 2.39. The van der Waals surface area contributed by atoms with E-state index in [1.54, 1.807) is 0 Å². The fourth-order valence-corrected chi connectivity index (χ4v) is 1.52. The molecule has 1 heterocycles. The zero-order valence-electron chi connectivity index (χ0n) is 8.56. The molecule has 0 saturated carbocycles. The molecule has 0 bridgehead atoms. The minimum absolute atomic E-state index is 0.0632. The highest BCUT2D eigenvalue weighted by Gasteiger charge is 2.34. The molecule has 0 spiro atoms. The number of aldehydes is 1. The maximum absolute atomic E-state index is 11.2. The molecule has 1 saturated heterocycles. The Morgan fingerprint density at radius 2 is 2.14 bits per heavy atom. The number of hydrogen-bond acceptors (Lipinski definition) is 4. The fraction of sp³-hybridized carbons (Fsp3) is 0.800. The van der Waals surface area contributed by atoms with Crippen LogP contribution in [0.25, 0.3) is 0 Å². The van der Waals surface area contributed by atoms with E-state index in [1.165, 1.54) is 0 Å². The zero-order chi connectivity index (χ0) is 10.6. The Hall–Kier alpha value is -0.740. The van der Waals surface area contributed by atoms with Crippen molar-refractivity contribution in [2.45, 2.75) is 45.0 Å². The Balaban J connectivity index is 2.64. The summed E-state index contributed by atoms with van der Waals surface area (Å²) in [6.07, 6.45) is 0.757. The van der Waals surface area contributed by atoms with E-state index in [2.05, 4.69) is 0 Å². The molecule has 0 aliphatic carbocycles. The van der Waals surface area contributed by atoms with Gasteiger partial charge >= 0.3 is 0 Å². The summed E-state index contributed by atoms with van der Waals surface area (Å²) in [7, 11) is 0. The lowest BCUT2D eigenvalue weighted by molar-refractivity contribution is -0.187. The van der Waals surface area contributed by atoms with Crippen molar-refractivity contribution in [3.63, 3.8) is 0 Å². The van der Waals surface area contributed by atoms with Gasteiger partial charge in [0.2, 0.25) is 5.78 Å². The van der Waals surface area contributed by atoms with Gasteiger partial charge in [-0.25, -0.2) is 0 Å². The van der Waals surface area contributed by atoms with E-state index in [4.69, 9.17) is 9.47 Å². The summed E-state index contributed by atoms with van der Waals surface area (Å²) in [4.78, 5) is 21.6. The summed E-state index contributed by atoms with van der Waals surface area (Å²) < 4.78 is 10.9. The normalized spacial score (nSPS) is 32.6. The quantitative estimate of drug-likeness (QED) is 0.496. The van der Waals surface area contributed by atoms with Gasteiger partial charge in [0.1, 0.15) is 6.10 Å². The molecule has 1 rings (SSSR count). The summed E-state index contributed by atoms with van der Waals surface area (Å²) in [6, 6.07) is 0. The third-order valence-electron chi connectivity index (χ3n) is 2.43. The first kappa shape index (κ1) is 11.3. The van der Waals surface area contributed by atoms with Gasteiger partial charge in [-0.3, -0.25) is 9.59 Å². The van der Waals surface area contributed by atoms with Gasteiger partial charge in [0, 0.05) is 0 Å². The molecular weight excluding hydrogens is 184 g/mol. The van der Waals surface area contributed by atoms with Crippen molar-refractivity contribution in [3.05, 3.63) is 0 Å². The minimum atomic E-state index is -0.698. The van der Waals surface area contributed by atoms with Crippen molar-refractivity contribution >= 4 is 12.1 Å². The summed E-state index contributed by atoms with van der Waals surface area (Å²) >= 11 is 0. The van der Waals surface area contributed by atoms with Crippen LogP contribution in [0, 0.1) is 0 Å². The second kappa shape index (κ2) is 5.22. The Bertz CT molecular complexity index is 214. The molecule has 4 nitrogen and oxygen atoms in total. The lowest BCUT2D eigenvalue weighted by Crippen LogP contribution is -2.47. The van der Waals surface area contributed by atoms with Crippen molar-refractivity contribution in [2.24, 2.45) is 0 Å². The molecule has 3 unspecified atom stereocenters. The maximum atomic E-state index is 11.2. The van der Waals surface area contributed by atoms with Gasteiger partial charge in [0.25, 0.3) is 0 Å². The lowest BCUT2D eigenvalue weighted by atomic mass is 10.1. The van der Waals surface area contributed by atoms with Crippen LogP contribution in [0.3, 0.4) is 0 Å². The molecule has 0 radical (unpaired) electrons. The van der Waals surface area contributed by atoms with Crippen LogP contribution < -0.4 is 0 Å². The van der Waals surface area contributed by atoms with Crippen LogP contribution in [-0.2, 0) is 19.1 Å². The predicted molar refractivity (Wildman–Crippen MR) is 50.1 cm³/mol. The average Bonchev–Trinajstić information content (AvgIpc) is 2.27. The van der Waals surface area contributed by atoms with Gasteiger partial charge in [-0.1, -0.05) is 13.8 Å². The van der Waals surface area contributed by atoms with Crippen molar-refractivity contribution < 1.29 is 19.1 Å². The molecule has 0 amide bonds. The molecule has 0 aromatic heterocycles. The number of rotatable bonds is 4. The largest absolute Gasteiger partial charge is 0.372 e. The maximum Gasteiger partial charge on any atom is 0.226 e. The van der Waals surface area contributed by atoms with Crippen LogP contribution in [0.2, 0.25) is 0 Å². The number of hydrogen-bond donors (Lipinski definition) is 0. The van der Waals surface area contributed by atoms with Gasteiger partial charge in [-0.05, 0) is 12.8 Å². The van der Waals surface area contributed by atoms with E-state index in [-0.39, 0.29) is 12.2 Å². The van der Waals surface area contributed by atoms with E-state index in [0.717, 1.165) is 6.42 Å². The SMILES string of the molecule is CCC1COC(CC)C(C(=O)C=O)O1. The number of carbonyl (C=O) groups excluding carboxylic acids is 2. The van der Waals surface area contributed by atoms with Gasteiger partial charge in [0.15, 0.2) is 6.29 Å². The van der Waals surface area contributed by atoms with Crippen molar-refractivity contribution in [1.29, 1.82) is 0 Å². The van der Waals surface area contributed by atoms with Crippen LogP contribution in [-0.4, -0.2) is 37.0 Å². The van der Waals surface area contributed by atoms with Crippen molar-refractivity contribution in [2.75, 3.05) is 6.61 Å². The Morgan fingerprint density at radius 3 is 2.64 bits per heavy atom. The second-order valence-corrected chi connectivity index (χ2v) is 3.39. The highest BCUT2D eigenvalue weighted by molar-refractivity contribution is 6.27. The molecule has 1 fully saturated rings. The van der Waals surface area contributed by atoms with E-state index in [9.17, 15) is 9.59 Å². The second-order valence-electron chi connectivity index (χ2n) is 3.39. The molecule has 80 valence electrons. The van der Waals surface area contributed by atoms with Crippen LogP contribution in [0.15, 0.2) is 0 Å². The molecule has 1 aliphatic rings. The summed E-state index contributed by atoms with van der Waals surface area (Å²) in [5.74, 6) is -0.519. The van der Waals surface area contributed by atoms with Crippen LogP contribution in [0.4, 0.5) is 0 Å². The summed E-state index contributed by atoms with van der Waals surface area (Å²) in [5, 5.41) is 0. The first-order valence-electron chi connectivity index (χ1n) is 4.99. The lowest BCUT2D eigenvalue weighted by Gasteiger charge is -2.34. The number of carbonyl (C=O) groups is 2. The molecule has 3 atom stereocenters. The average molecular weight is 200 g/mol. The summed E-state index contributed by atoms with van der Waals surface area (Å²) in [5.41, 5.74) is 0. The minimum Gasteiger partial charge on any atom is -0.372 e. The van der Waals surface area contributed by atoms with E-state index < -0.39 is 11.9 Å². The van der Waals surface area contributed by atoms with Gasteiger partial charge in [-0.2, -0.15) is 0 Å². The first-order valence-corrected chi connectivity index (χ1v) is 4.99. The molecule has 0 aromatic carbocycles. The standard InChI is InChI=1S/C10H16O4/c1-3-7-6-13-9(4-2)10(14-7)8(12)5-11/h5,7,9-10H,3-4,6H2,1-2H3. The predicted octanol–water partition coefficient (Wildman–Crippen LogP) is 0.727. The fourth-order valence-electron chi connectivity index (χ4n) is 1.52. The van der Waals surface area contributed by atoms with Crippen molar-refractivity contribution in [3.8, 4) is 0 Å². The van der Waals surface area contributed by atoms with Gasteiger partial charge in [0.05, 0.1) is 18.8 Å². The molecular formula is C10H16O4. The Kier molecular flexibility index (Phi) is 4.22. The van der Waals surface area contributed by atoms with Gasteiger partial charge in [-0.15, -0.1) is 0 Å². The number of Topliss-reactive ketones (excluding diaryl/α,β-unsaturated/α-hetero) is 1. The van der Waals surface area contributed by atoms with E-state index >= 15 is 0 Å². The number of ketones is 1. The van der Waals surface area contributed by atoms with Crippen molar-refractivity contribution in [1.82, 2.24) is 0 Å². The highest BCUT2D eigenvalue weighted by Crippen LogP contribution is 2.19. The highest BCUT2D eigenvalue weighted by atomic mass is 16.6. The Labute approximate surface area is 83.6 Å². The van der Waals surface area contributed by atoms with Crippen LogP contribution in [0.5, 0.6) is 0 Å². The first-order chi connectivity index (χ1) is 6.72. The molecule has 0 aromatic rings. The molecule has 0 N–H and O–H groups in total. The van der Waals surface area contributed by atoms with E-state index in [0.29, 0.717) is 19.3 Å². The molecule has 14 heavy (non-hydrogen) atoms. The Morgan fingerprint density at radius 1 is 1.43 bits per heavy atom. The molecule has 4 heteroatoms. The summed E-state index contributed by atoms with van der Waals surface area (Å²) in [6.45, 7) is 4.38. The van der Waals surface area contributed by atoms with Crippen LogP contribution >= 0.6 is 0 Å². The molecule has 1 aliphatic heterocycles. The van der Waals surface area contributed by atoms with E-state index in [1.807, 2.05) is 13.8 Å². The smallest absolute Gasteiger partial charge is 0.226 e. The third-order valence-corrected chi connectivity index (χ3v) is 2.43. The monoisotopic (exact) mass is 200 g/mol.